The summed E-state index contributed by atoms with van der Waals surface area (Å²) in [5, 5.41) is 9.06. The zero-order valence-electron chi connectivity index (χ0n) is 68.1. The van der Waals surface area contributed by atoms with Gasteiger partial charge in [0, 0.05) is 13.3 Å². The Morgan fingerprint density at radius 3 is 1.24 bits per heavy atom. The third kappa shape index (κ3) is 25.1. The fourth-order valence-corrected chi connectivity index (χ4v) is 14.8. The fourth-order valence-electron chi connectivity index (χ4n) is 12.7. The van der Waals surface area contributed by atoms with Crippen LogP contribution in [0.1, 0.15) is 240 Å². The molecule has 5 aliphatic rings. The molecular weight excluding hydrogens is 1390 g/mol. The molecule has 4 bridgehead atoms. The van der Waals surface area contributed by atoms with Crippen LogP contribution in [-0.2, 0) is 63.3 Å². The maximum absolute atomic E-state index is 13.5. The fraction of sp³-hybridized carbons (Fsp3) is 0.533. The Morgan fingerprint density at radius 2 is 0.880 bits per heavy atom. The minimum absolute atomic E-state index is 0.0146. The lowest BCUT2D eigenvalue weighted by molar-refractivity contribution is -0.224. The number of halogens is 2. The van der Waals surface area contributed by atoms with Crippen LogP contribution in [0.3, 0.4) is 0 Å². The number of cyclic esters (lactones) is 1. The summed E-state index contributed by atoms with van der Waals surface area (Å²) in [6, 6.07) is 53.8. The van der Waals surface area contributed by atoms with Gasteiger partial charge in [-0.25, -0.2) is 8.78 Å². The topological polar surface area (TPSA) is 196 Å². The summed E-state index contributed by atoms with van der Waals surface area (Å²) < 4.78 is 71.8. The van der Waals surface area contributed by atoms with Crippen molar-refractivity contribution in [3.63, 3.8) is 0 Å². The maximum atomic E-state index is 13.5. The number of benzene rings is 6. The lowest BCUT2D eigenvalue weighted by Gasteiger charge is -2.60. The Kier molecular flexibility index (Phi) is 30.0. The molecule has 15 nitrogen and oxygen atoms in total. The summed E-state index contributed by atoms with van der Waals surface area (Å²) in [5.41, 5.74) is -3.14. The first-order valence-electron chi connectivity index (χ1n) is 38.1. The van der Waals surface area contributed by atoms with E-state index in [9.17, 15) is 37.5 Å². The molecule has 590 valence electrons. The average molecular weight is 1510 g/mol. The second-order valence-electron chi connectivity index (χ2n) is 34.3. The van der Waals surface area contributed by atoms with Crippen LogP contribution in [0.4, 0.5) is 8.78 Å². The SMILES string of the molecule is CCC(C)(C)C(=O)OC(c1ccc(OC(C)(C)C)cc1)c1ccc(OC(C)(C)C)cc1.CCC(C)(C)C(=O)OC1(C)CC(=O)OC1C.CCC(C)(C)C(=O)OC12CC3CC(C1)CC(C(=O)OC(C)C(C)(F)F)(C3)C2.CCC(C)(C)C(=O)Oc1ccc(O)cc1.c1ccc([S+](c2ccccc2)c2ccccc2)cc1. The average Bonchev–Trinajstić information content (AvgIpc) is 1.09. The molecule has 1 heterocycles. The Bertz CT molecular complexity index is 3730. The van der Waals surface area contributed by atoms with Crippen molar-refractivity contribution in [3.05, 3.63) is 175 Å². The van der Waals surface area contributed by atoms with Crippen LogP contribution < -0.4 is 14.2 Å². The number of phenolic OH excluding ortho intramolecular Hbond substituents is 1. The number of aromatic hydroxyl groups is 1. The summed E-state index contributed by atoms with van der Waals surface area (Å²) in [5.74, 6) is -2.15. The van der Waals surface area contributed by atoms with Crippen LogP contribution in [0.15, 0.2) is 178 Å². The number of carbonyl (C=O) groups excluding carboxylic acids is 6. The molecule has 4 saturated carbocycles. The number of hydrogen-bond acceptors (Lipinski definition) is 15. The van der Waals surface area contributed by atoms with Gasteiger partial charge in [-0.3, -0.25) is 28.8 Å². The van der Waals surface area contributed by atoms with Gasteiger partial charge in [0.1, 0.15) is 45.9 Å². The minimum Gasteiger partial charge on any atom is -0.508 e. The van der Waals surface area contributed by atoms with Crippen LogP contribution >= 0.6 is 0 Å². The summed E-state index contributed by atoms with van der Waals surface area (Å²) in [6.45, 7) is 40.3. The number of carbonyl (C=O) groups is 6. The Labute approximate surface area is 645 Å². The van der Waals surface area contributed by atoms with Gasteiger partial charge >= 0.3 is 35.8 Å². The quantitative estimate of drug-likeness (QED) is 0.0291. The van der Waals surface area contributed by atoms with Crippen molar-refractivity contribution >= 4 is 46.7 Å². The van der Waals surface area contributed by atoms with Gasteiger partial charge < -0.3 is 43.0 Å². The van der Waals surface area contributed by atoms with E-state index >= 15 is 0 Å². The van der Waals surface area contributed by atoms with E-state index in [0.717, 1.165) is 55.2 Å². The van der Waals surface area contributed by atoms with E-state index in [1.807, 2.05) is 173 Å². The Balaban J connectivity index is 0.000000217. The van der Waals surface area contributed by atoms with Crippen molar-refractivity contribution < 1.29 is 80.5 Å². The summed E-state index contributed by atoms with van der Waals surface area (Å²) >= 11 is 0. The minimum atomic E-state index is -3.08. The first-order chi connectivity index (χ1) is 50.1. The number of alkyl halides is 2. The molecule has 5 fully saturated rings. The number of phenols is 1. The van der Waals surface area contributed by atoms with Gasteiger partial charge in [-0.15, -0.1) is 0 Å². The van der Waals surface area contributed by atoms with Crippen molar-refractivity contribution in [1.82, 2.24) is 0 Å². The first-order valence-corrected chi connectivity index (χ1v) is 39.3. The number of ether oxygens (including phenoxy) is 8. The third-order valence-electron chi connectivity index (χ3n) is 20.9. The summed E-state index contributed by atoms with van der Waals surface area (Å²) in [6.07, 6.45) is 4.85. The lowest BCUT2D eigenvalue weighted by Crippen LogP contribution is -2.61. The second kappa shape index (κ2) is 36.5. The lowest BCUT2D eigenvalue weighted by atomic mass is 9.48. The van der Waals surface area contributed by atoms with Gasteiger partial charge in [-0.05, 0) is 283 Å². The first kappa shape index (κ1) is 88.7. The molecule has 6 aromatic carbocycles. The Hall–Kier alpha value is -8.25. The molecule has 1 aliphatic heterocycles. The molecule has 1 N–H and O–H groups in total. The van der Waals surface area contributed by atoms with Crippen LogP contribution in [0, 0.1) is 38.9 Å². The highest BCUT2D eigenvalue weighted by Gasteiger charge is 2.64. The molecule has 1 saturated heterocycles. The van der Waals surface area contributed by atoms with Crippen LogP contribution in [0.2, 0.25) is 0 Å². The monoisotopic (exact) mass is 1510 g/mol. The summed E-state index contributed by atoms with van der Waals surface area (Å²) in [4.78, 5) is 77.4. The molecule has 108 heavy (non-hydrogen) atoms. The molecular formula is C90H121F2O15S+. The van der Waals surface area contributed by atoms with E-state index in [-0.39, 0.29) is 82.1 Å². The number of hydrogen-bond donors (Lipinski definition) is 1. The molecule has 5 atom stereocenters. The molecule has 0 spiro atoms. The highest BCUT2D eigenvalue weighted by atomic mass is 32.2. The largest absolute Gasteiger partial charge is 0.508 e. The zero-order valence-corrected chi connectivity index (χ0v) is 68.9. The van der Waals surface area contributed by atoms with E-state index in [4.69, 9.17) is 43.0 Å². The molecule has 18 heteroatoms. The molecule has 5 unspecified atom stereocenters. The highest BCUT2D eigenvalue weighted by Crippen LogP contribution is 2.64. The smallest absolute Gasteiger partial charge is 0.316 e. The van der Waals surface area contributed by atoms with Crippen LogP contribution in [-0.4, -0.2) is 81.5 Å². The number of rotatable bonds is 22. The van der Waals surface area contributed by atoms with E-state index in [1.54, 1.807) is 26.0 Å². The zero-order chi connectivity index (χ0) is 80.7. The van der Waals surface area contributed by atoms with Crippen molar-refractivity contribution in [3.8, 4) is 23.0 Å². The highest BCUT2D eigenvalue weighted by molar-refractivity contribution is 7.97. The van der Waals surface area contributed by atoms with E-state index in [0.29, 0.717) is 44.3 Å². The summed E-state index contributed by atoms with van der Waals surface area (Å²) in [7, 11) is -0.0146. The molecule has 4 aliphatic carbocycles. The second-order valence-corrected chi connectivity index (χ2v) is 36.3. The van der Waals surface area contributed by atoms with Crippen molar-refractivity contribution in [2.75, 3.05) is 0 Å². The molecule has 0 radical (unpaired) electrons. The van der Waals surface area contributed by atoms with Gasteiger partial charge in [0.25, 0.3) is 5.92 Å². The van der Waals surface area contributed by atoms with Gasteiger partial charge in [-0.1, -0.05) is 107 Å². The molecule has 6 aromatic rings. The third-order valence-corrected chi connectivity index (χ3v) is 23.1. The van der Waals surface area contributed by atoms with Crippen molar-refractivity contribution in [2.45, 2.75) is 284 Å². The molecule has 0 amide bonds. The predicted molar refractivity (Wildman–Crippen MR) is 420 cm³/mol. The normalized spacial score (nSPS) is 20.6. The van der Waals surface area contributed by atoms with Gasteiger partial charge in [0.15, 0.2) is 32.5 Å². The Morgan fingerprint density at radius 1 is 0.509 bits per heavy atom. The standard InChI is InChI=1S/C27H38O4.C21H32F2O4.C18H15S.C12H20O4.C12H16O3/c1-10-27(8,9)24(28)29-23(19-11-15-21(16-12-19)30-25(2,3)4)20-13-17-22(18-14-20)31-26(5,6)7;1-6-18(3,4)16(24)27-21-10-14-7-15(11-21)9-20(8-14,12-21)17(25)26-13(2)19(5,22)23;1-4-10-16(11-5-1)19(17-12-6-2-7-13-17)18-14-8-3-9-15-18;1-6-11(3,4)10(14)16-12(5)7-9(13)15-8(12)2;1-4-12(2,3)11(14)15-10-7-5-9(13)6-8-10/h11-18,23H,10H2,1-9H3;13-15H,6-12H2,1-5H3;1-15H;8H,6-7H2,1-5H3;5-8,13H,4H2,1-3H3/q;;+1;;. The van der Waals surface area contributed by atoms with Crippen molar-refractivity contribution in [1.29, 1.82) is 0 Å². The maximum Gasteiger partial charge on any atom is 0.316 e. The van der Waals surface area contributed by atoms with E-state index in [1.165, 1.54) is 33.7 Å². The van der Waals surface area contributed by atoms with Gasteiger partial charge in [0.2, 0.25) is 0 Å². The van der Waals surface area contributed by atoms with Gasteiger partial charge in [-0.2, -0.15) is 0 Å². The predicted octanol–water partition coefficient (Wildman–Crippen LogP) is 21.6. The van der Waals surface area contributed by atoms with E-state index < -0.39 is 62.4 Å². The van der Waals surface area contributed by atoms with Gasteiger partial charge in [0.05, 0.1) is 44.4 Å². The van der Waals surface area contributed by atoms with Crippen LogP contribution in [0.25, 0.3) is 0 Å². The van der Waals surface area contributed by atoms with E-state index in [2.05, 4.69) is 91.0 Å². The molecule has 0 aromatic heterocycles. The van der Waals surface area contributed by atoms with Crippen LogP contribution in [0.5, 0.6) is 23.0 Å². The molecule has 11 rings (SSSR count). The number of esters is 6. The van der Waals surface area contributed by atoms with Crippen molar-refractivity contribution in [2.24, 2.45) is 38.9 Å².